The Labute approximate surface area is 108 Å². The van der Waals surface area contributed by atoms with E-state index in [0.29, 0.717) is 0 Å². The first kappa shape index (κ1) is 14.4. The molecular formula is C14H20N2O2. The van der Waals surface area contributed by atoms with Gasteiger partial charge >= 0.3 is 0 Å². The lowest BCUT2D eigenvalue weighted by Crippen LogP contribution is -2.17. The highest BCUT2D eigenvalue weighted by atomic mass is 16.6. The third kappa shape index (κ3) is 4.67. The van der Waals surface area contributed by atoms with Crippen LogP contribution in [0.2, 0.25) is 0 Å². The van der Waals surface area contributed by atoms with Crippen molar-refractivity contribution in [2.24, 2.45) is 0 Å². The molecule has 1 aromatic rings. The SMILES string of the molecule is CCCNCC(=Cc1ccc([N+](=O)[O-])cc1)CC. The number of hydrogen-bond acceptors (Lipinski definition) is 3. The van der Waals surface area contributed by atoms with Crippen LogP contribution in [0.3, 0.4) is 0 Å². The first-order chi connectivity index (χ1) is 8.67. The van der Waals surface area contributed by atoms with E-state index in [1.807, 2.05) is 0 Å². The number of benzene rings is 1. The van der Waals surface area contributed by atoms with Crippen molar-refractivity contribution >= 4 is 11.8 Å². The molecule has 0 fully saturated rings. The van der Waals surface area contributed by atoms with Gasteiger partial charge in [0.15, 0.2) is 0 Å². The van der Waals surface area contributed by atoms with Crippen LogP contribution in [0.4, 0.5) is 5.69 Å². The lowest BCUT2D eigenvalue weighted by molar-refractivity contribution is -0.384. The lowest BCUT2D eigenvalue weighted by Gasteiger charge is -2.06. The Bertz CT molecular complexity index is 410. The molecule has 0 saturated heterocycles. The maximum absolute atomic E-state index is 10.5. The average molecular weight is 248 g/mol. The van der Waals surface area contributed by atoms with Crippen molar-refractivity contribution in [3.05, 3.63) is 45.5 Å². The summed E-state index contributed by atoms with van der Waals surface area (Å²) >= 11 is 0. The summed E-state index contributed by atoms with van der Waals surface area (Å²) in [6.07, 6.45) is 4.19. The van der Waals surface area contributed by atoms with Gasteiger partial charge in [0.25, 0.3) is 5.69 Å². The fourth-order valence-electron chi connectivity index (χ4n) is 1.63. The fraction of sp³-hybridized carbons (Fsp3) is 0.429. The zero-order chi connectivity index (χ0) is 13.4. The van der Waals surface area contributed by atoms with Crippen molar-refractivity contribution in [3.63, 3.8) is 0 Å². The van der Waals surface area contributed by atoms with E-state index < -0.39 is 0 Å². The number of nitrogens with zero attached hydrogens (tertiary/aromatic N) is 1. The highest BCUT2D eigenvalue weighted by molar-refractivity contribution is 5.55. The molecule has 0 amide bonds. The molecule has 4 nitrogen and oxygen atoms in total. The van der Waals surface area contributed by atoms with Gasteiger partial charge in [-0.1, -0.05) is 25.5 Å². The second kappa shape index (κ2) is 7.61. The predicted octanol–water partition coefficient (Wildman–Crippen LogP) is 3.39. The van der Waals surface area contributed by atoms with Gasteiger partial charge in [-0.25, -0.2) is 0 Å². The Morgan fingerprint density at radius 2 is 2.00 bits per heavy atom. The van der Waals surface area contributed by atoms with E-state index in [1.54, 1.807) is 24.3 Å². The van der Waals surface area contributed by atoms with E-state index >= 15 is 0 Å². The fourth-order valence-corrected chi connectivity index (χ4v) is 1.63. The Kier molecular flexibility index (Phi) is 6.08. The van der Waals surface area contributed by atoms with Crippen molar-refractivity contribution in [2.75, 3.05) is 13.1 Å². The molecule has 0 aliphatic rings. The lowest BCUT2D eigenvalue weighted by atomic mass is 10.1. The smallest absolute Gasteiger partial charge is 0.269 e. The third-order valence-corrected chi connectivity index (χ3v) is 2.71. The average Bonchev–Trinajstić information content (AvgIpc) is 2.38. The quantitative estimate of drug-likeness (QED) is 0.457. The minimum atomic E-state index is -0.378. The Balaban J connectivity index is 2.69. The number of nitro benzene ring substituents is 1. The molecule has 1 rings (SSSR count). The molecule has 4 heteroatoms. The topological polar surface area (TPSA) is 55.2 Å². The molecule has 1 N–H and O–H groups in total. The third-order valence-electron chi connectivity index (χ3n) is 2.71. The Hall–Kier alpha value is -1.68. The van der Waals surface area contributed by atoms with E-state index in [-0.39, 0.29) is 10.6 Å². The first-order valence-corrected chi connectivity index (χ1v) is 6.32. The highest BCUT2D eigenvalue weighted by Gasteiger charge is 2.03. The van der Waals surface area contributed by atoms with Gasteiger partial charge in [0.05, 0.1) is 4.92 Å². The molecule has 0 atom stereocenters. The van der Waals surface area contributed by atoms with Crippen LogP contribution in [0.15, 0.2) is 29.8 Å². The van der Waals surface area contributed by atoms with Crippen LogP contribution >= 0.6 is 0 Å². The van der Waals surface area contributed by atoms with Crippen LogP contribution in [0.1, 0.15) is 32.3 Å². The number of rotatable bonds is 7. The number of non-ortho nitro benzene ring substituents is 1. The molecule has 98 valence electrons. The van der Waals surface area contributed by atoms with Crippen molar-refractivity contribution < 1.29 is 4.92 Å². The summed E-state index contributed by atoms with van der Waals surface area (Å²) in [5.41, 5.74) is 2.45. The van der Waals surface area contributed by atoms with Crippen LogP contribution in [-0.2, 0) is 0 Å². The normalized spacial score (nSPS) is 11.6. The van der Waals surface area contributed by atoms with Gasteiger partial charge in [-0.05, 0) is 37.1 Å². The highest BCUT2D eigenvalue weighted by Crippen LogP contribution is 2.15. The molecule has 0 unspecified atom stereocenters. The standard InChI is InChI=1S/C14H20N2O2/c1-3-9-15-11-12(4-2)10-13-5-7-14(8-6-13)16(17)18/h5-8,10,15H,3-4,9,11H2,1-2H3. The van der Waals surface area contributed by atoms with E-state index in [1.165, 1.54) is 5.57 Å². The number of hydrogen-bond donors (Lipinski definition) is 1. The van der Waals surface area contributed by atoms with E-state index in [4.69, 9.17) is 0 Å². The number of nitro groups is 1. The summed E-state index contributed by atoms with van der Waals surface area (Å²) in [6.45, 7) is 6.14. The van der Waals surface area contributed by atoms with Crippen LogP contribution in [0.5, 0.6) is 0 Å². The molecule has 0 aliphatic carbocycles. The molecule has 0 bridgehead atoms. The second-order valence-electron chi connectivity index (χ2n) is 4.18. The van der Waals surface area contributed by atoms with Crippen molar-refractivity contribution in [1.29, 1.82) is 0 Å². The van der Waals surface area contributed by atoms with Crippen molar-refractivity contribution in [1.82, 2.24) is 5.32 Å². The minimum absolute atomic E-state index is 0.134. The van der Waals surface area contributed by atoms with Crippen LogP contribution in [0, 0.1) is 10.1 Å². The van der Waals surface area contributed by atoms with Gasteiger partial charge in [0.2, 0.25) is 0 Å². The summed E-state index contributed by atoms with van der Waals surface area (Å²) in [5.74, 6) is 0. The van der Waals surface area contributed by atoms with Gasteiger partial charge in [0, 0.05) is 18.7 Å². The molecule has 0 aliphatic heterocycles. The predicted molar refractivity (Wildman–Crippen MR) is 74.5 cm³/mol. The van der Waals surface area contributed by atoms with Crippen LogP contribution in [0.25, 0.3) is 6.08 Å². The summed E-state index contributed by atoms with van der Waals surface area (Å²) in [6, 6.07) is 6.65. The zero-order valence-corrected chi connectivity index (χ0v) is 11.0. The summed E-state index contributed by atoms with van der Waals surface area (Å²) in [4.78, 5) is 10.2. The summed E-state index contributed by atoms with van der Waals surface area (Å²) in [7, 11) is 0. The van der Waals surface area contributed by atoms with E-state index in [9.17, 15) is 10.1 Å². The Morgan fingerprint density at radius 3 is 2.50 bits per heavy atom. The maximum atomic E-state index is 10.5. The monoisotopic (exact) mass is 248 g/mol. The molecule has 0 heterocycles. The van der Waals surface area contributed by atoms with E-state index in [0.717, 1.165) is 31.5 Å². The molecule has 0 aromatic heterocycles. The molecule has 0 spiro atoms. The minimum Gasteiger partial charge on any atom is -0.313 e. The molecule has 0 saturated carbocycles. The van der Waals surface area contributed by atoms with Crippen molar-refractivity contribution in [2.45, 2.75) is 26.7 Å². The van der Waals surface area contributed by atoms with Crippen LogP contribution < -0.4 is 5.32 Å². The number of nitrogens with one attached hydrogen (secondary N) is 1. The summed E-state index contributed by atoms with van der Waals surface area (Å²) in [5, 5.41) is 13.9. The molecule has 1 aromatic carbocycles. The van der Waals surface area contributed by atoms with Gasteiger partial charge in [0.1, 0.15) is 0 Å². The molecule has 0 radical (unpaired) electrons. The van der Waals surface area contributed by atoms with Crippen LogP contribution in [-0.4, -0.2) is 18.0 Å². The van der Waals surface area contributed by atoms with Gasteiger partial charge < -0.3 is 5.32 Å². The van der Waals surface area contributed by atoms with E-state index in [2.05, 4.69) is 25.2 Å². The van der Waals surface area contributed by atoms with Crippen molar-refractivity contribution in [3.8, 4) is 0 Å². The van der Waals surface area contributed by atoms with Gasteiger partial charge in [-0.15, -0.1) is 0 Å². The first-order valence-electron chi connectivity index (χ1n) is 6.32. The molecule has 18 heavy (non-hydrogen) atoms. The van der Waals surface area contributed by atoms with Gasteiger partial charge in [-0.2, -0.15) is 0 Å². The zero-order valence-electron chi connectivity index (χ0n) is 11.0. The largest absolute Gasteiger partial charge is 0.313 e. The maximum Gasteiger partial charge on any atom is 0.269 e. The Morgan fingerprint density at radius 1 is 1.33 bits per heavy atom. The summed E-state index contributed by atoms with van der Waals surface area (Å²) < 4.78 is 0. The molecular weight excluding hydrogens is 228 g/mol. The second-order valence-corrected chi connectivity index (χ2v) is 4.18. The van der Waals surface area contributed by atoms with Gasteiger partial charge in [-0.3, -0.25) is 10.1 Å².